The summed E-state index contributed by atoms with van der Waals surface area (Å²) in [6, 6.07) is 7.90. The van der Waals surface area contributed by atoms with E-state index >= 15 is 0 Å². The summed E-state index contributed by atoms with van der Waals surface area (Å²) in [4.78, 5) is 13.6. The van der Waals surface area contributed by atoms with Crippen LogP contribution in [0.3, 0.4) is 0 Å². The second-order valence-corrected chi connectivity index (χ2v) is 6.41. The molecule has 0 aromatic heterocycles. The molecule has 4 nitrogen and oxygen atoms in total. The Morgan fingerprint density at radius 3 is 2.62 bits per heavy atom. The van der Waals surface area contributed by atoms with Gasteiger partial charge in [-0.3, -0.25) is 4.79 Å². The molecular weight excluding hydrogens is 262 g/mol. The van der Waals surface area contributed by atoms with Crippen LogP contribution < -0.4 is 5.32 Å². The monoisotopic (exact) mass is 287 g/mol. The van der Waals surface area contributed by atoms with Crippen molar-refractivity contribution in [1.29, 1.82) is 5.26 Å². The molecule has 0 aliphatic rings. The van der Waals surface area contributed by atoms with E-state index in [0.29, 0.717) is 12.0 Å². The number of hydrogen-bond donors (Lipinski definition) is 1. The van der Waals surface area contributed by atoms with E-state index in [1.165, 1.54) is 0 Å². The summed E-state index contributed by atoms with van der Waals surface area (Å²) in [5, 5.41) is 12.1. The third-order valence-electron chi connectivity index (χ3n) is 3.56. The smallest absolute Gasteiger partial charge is 0.253 e. The minimum Gasteiger partial charge on any atom is -0.384 e. The molecule has 0 atom stereocenters. The molecule has 1 rings (SSSR count). The summed E-state index contributed by atoms with van der Waals surface area (Å²) in [5.74, 6) is 0.00166. The van der Waals surface area contributed by atoms with Gasteiger partial charge in [-0.05, 0) is 36.5 Å². The van der Waals surface area contributed by atoms with E-state index in [-0.39, 0.29) is 11.3 Å². The minimum atomic E-state index is 0.00166. The van der Waals surface area contributed by atoms with Crippen molar-refractivity contribution < 1.29 is 4.79 Å². The highest BCUT2D eigenvalue weighted by molar-refractivity contribution is 5.95. The van der Waals surface area contributed by atoms with Crippen LogP contribution in [0.25, 0.3) is 0 Å². The van der Waals surface area contributed by atoms with Crippen molar-refractivity contribution in [1.82, 2.24) is 4.90 Å². The first-order chi connectivity index (χ1) is 9.76. The number of hydrogen-bond acceptors (Lipinski definition) is 3. The standard InChI is InChI=1S/C17H25N3O/c1-13-7-8-14(16(21)20(4)5)11-15(13)19-12-17(2,3)9-6-10-18/h7-8,11,19H,6,9,12H2,1-5H3. The topological polar surface area (TPSA) is 56.1 Å². The molecule has 1 N–H and O–H groups in total. The second-order valence-electron chi connectivity index (χ2n) is 6.41. The molecule has 0 bridgehead atoms. The summed E-state index contributed by atoms with van der Waals surface area (Å²) in [6.07, 6.45) is 1.42. The maximum atomic E-state index is 12.0. The van der Waals surface area contributed by atoms with Crippen molar-refractivity contribution in [3.05, 3.63) is 29.3 Å². The van der Waals surface area contributed by atoms with Crippen LogP contribution in [-0.4, -0.2) is 31.4 Å². The van der Waals surface area contributed by atoms with Gasteiger partial charge in [0.05, 0.1) is 6.07 Å². The van der Waals surface area contributed by atoms with Gasteiger partial charge >= 0.3 is 0 Å². The van der Waals surface area contributed by atoms with Gasteiger partial charge in [0.1, 0.15) is 0 Å². The molecule has 1 amide bonds. The summed E-state index contributed by atoms with van der Waals surface area (Å²) >= 11 is 0. The van der Waals surface area contributed by atoms with Gasteiger partial charge in [0, 0.05) is 38.3 Å². The van der Waals surface area contributed by atoms with E-state index in [0.717, 1.165) is 24.2 Å². The van der Waals surface area contributed by atoms with Crippen molar-refractivity contribution in [2.75, 3.05) is 26.0 Å². The number of nitrogens with one attached hydrogen (secondary N) is 1. The summed E-state index contributed by atoms with van der Waals surface area (Å²) in [5.41, 5.74) is 2.82. The van der Waals surface area contributed by atoms with Gasteiger partial charge in [-0.15, -0.1) is 0 Å². The van der Waals surface area contributed by atoms with Gasteiger partial charge in [-0.2, -0.15) is 5.26 Å². The highest BCUT2D eigenvalue weighted by Gasteiger charge is 2.18. The van der Waals surface area contributed by atoms with E-state index in [9.17, 15) is 4.79 Å². The molecule has 21 heavy (non-hydrogen) atoms. The van der Waals surface area contributed by atoms with Gasteiger partial charge < -0.3 is 10.2 Å². The normalized spacial score (nSPS) is 10.9. The van der Waals surface area contributed by atoms with Crippen LogP contribution in [0.15, 0.2) is 18.2 Å². The first-order valence-corrected chi connectivity index (χ1v) is 7.20. The van der Waals surface area contributed by atoms with Crippen LogP contribution in [-0.2, 0) is 0 Å². The van der Waals surface area contributed by atoms with Gasteiger partial charge in [-0.1, -0.05) is 19.9 Å². The third-order valence-corrected chi connectivity index (χ3v) is 3.56. The van der Waals surface area contributed by atoms with E-state index in [2.05, 4.69) is 25.2 Å². The Morgan fingerprint density at radius 2 is 2.05 bits per heavy atom. The lowest BCUT2D eigenvalue weighted by molar-refractivity contribution is 0.0827. The fourth-order valence-corrected chi connectivity index (χ4v) is 2.02. The average Bonchev–Trinajstić information content (AvgIpc) is 2.43. The number of benzene rings is 1. The average molecular weight is 287 g/mol. The number of rotatable bonds is 6. The van der Waals surface area contributed by atoms with Crippen LogP contribution in [0.4, 0.5) is 5.69 Å². The molecule has 0 aliphatic carbocycles. The predicted molar refractivity (Wildman–Crippen MR) is 86.3 cm³/mol. The molecule has 0 aliphatic heterocycles. The lowest BCUT2D eigenvalue weighted by atomic mass is 9.88. The number of amides is 1. The van der Waals surface area contributed by atoms with E-state index in [1.54, 1.807) is 19.0 Å². The van der Waals surface area contributed by atoms with Crippen LogP contribution in [0.1, 0.15) is 42.6 Å². The van der Waals surface area contributed by atoms with Gasteiger partial charge in [0.25, 0.3) is 5.91 Å². The number of carbonyl (C=O) groups excluding carboxylic acids is 1. The molecule has 0 saturated carbocycles. The molecule has 0 unspecified atom stereocenters. The fourth-order valence-electron chi connectivity index (χ4n) is 2.02. The van der Waals surface area contributed by atoms with Crippen molar-refractivity contribution in [3.8, 4) is 6.07 Å². The summed E-state index contributed by atoms with van der Waals surface area (Å²) in [7, 11) is 3.50. The maximum Gasteiger partial charge on any atom is 0.253 e. The minimum absolute atomic E-state index is 0.00166. The quantitative estimate of drug-likeness (QED) is 0.872. The third kappa shape index (κ3) is 5.11. The Morgan fingerprint density at radius 1 is 1.38 bits per heavy atom. The summed E-state index contributed by atoms with van der Waals surface area (Å²) < 4.78 is 0. The number of anilines is 1. The predicted octanol–water partition coefficient (Wildman–Crippen LogP) is 3.44. The zero-order chi connectivity index (χ0) is 16.0. The lowest BCUT2D eigenvalue weighted by Crippen LogP contribution is -2.24. The number of nitrogens with zero attached hydrogens (tertiary/aromatic N) is 2. The SMILES string of the molecule is Cc1ccc(C(=O)N(C)C)cc1NCC(C)(C)CCC#N. The van der Waals surface area contributed by atoms with Crippen molar-refractivity contribution in [2.45, 2.75) is 33.6 Å². The molecule has 1 aromatic rings. The van der Waals surface area contributed by atoms with Crippen LogP contribution in [0.2, 0.25) is 0 Å². The molecule has 1 aromatic carbocycles. The highest BCUT2D eigenvalue weighted by Crippen LogP contribution is 2.25. The van der Waals surface area contributed by atoms with Gasteiger partial charge in [-0.25, -0.2) is 0 Å². The van der Waals surface area contributed by atoms with Crippen molar-refractivity contribution in [2.24, 2.45) is 5.41 Å². The van der Waals surface area contributed by atoms with Gasteiger partial charge in [0.2, 0.25) is 0 Å². The molecular formula is C17H25N3O. The fraction of sp³-hybridized carbons (Fsp3) is 0.529. The zero-order valence-corrected chi connectivity index (χ0v) is 13.7. The van der Waals surface area contributed by atoms with Crippen molar-refractivity contribution >= 4 is 11.6 Å². The van der Waals surface area contributed by atoms with E-state index < -0.39 is 0 Å². The maximum absolute atomic E-state index is 12.0. The lowest BCUT2D eigenvalue weighted by Gasteiger charge is -2.25. The number of nitriles is 1. The van der Waals surface area contributed by atoms with E-state index in [1.807, 2.05) is 25.1 Å². The first kappa shape index (κ1) is 17.0. The number of aryl methyl sites for hydroxylation is 1. The molecule has 0 saturated heterocycles. The Balaban J connectivity index is 2.82. The molecule has 0 radical (unpaired) electrons. The second kappa shape index (κ2) is 7.12. The van der Waals surface area contributed by atoms with E-state index in [4.69, 9.17) is 5.26 Å². The van der Waals surface area contributed by atoms with Crippen LogP contribution >= 0.6 is 0 Å². The molecule has 4 heteroatoms. The largest absolute Gasteiger partial charge is 0.384 e. The molecule has 0 spiro atoms. The number of carbonyl (C=O) groups is 1. The zero-order valence-electron chi connectivity index (χ0n) is 13.7. The Hall–Kier alpha value is -2.02. The molecule has 0 fully saturated rings. The Labute approximate surface area is 127 Å². The van der Waals surface area contributed by atoms with Crippen LogP contribution in [0.5, 0.6) is 0 Å². The highest BCUT2D eigenvalue weighted by atomic mass is 16.2. The summed E-state index contributed by atoms with van der Waals surface area (Å²) in [6.45, 7) is 7.08. The molecule has 114 valence electrons. The van der Waals surface area contributed by atoms with Crippen LogP contribution in [0, 0.1) is 23.7 Å². The van der Waals surface area contributed by atoms with Gasteiger partial charge in [0.15, 0.2) is 0 Å². The Kier molecular flexibility index (Phi) is 5.78. The Bertz CT molecular complexity index is 541. The first-order valence-electron chi connectivity index (χ1n) is 7.20. The van der Waals surface area contributed by atoms with Crippen molar-refractivity contribution in [3.63, 3.8) is 0 Å². The molecule has 0 heterocycles.